The monoisotopic (exact) mass is 233 g/mol. The van der Waals surface area contributed by atoms with Crippen molar-refractivity contribution in [3.63, 3.8) is 0 Å². The Morgan fingerprint density at radius 3 is 2.43 bits per heavy atom. The Balaban J connectivity index is 2.16. The summed E-state index contributed by atoms with van der Waals surface area (Å²) in [5.41, 5.74) is 0.164. The Labute approximate surface area is 94.9 Å². The number of nitrogens with one attached hydrogen (secondary N) is 1. The molecule has 0 saturated carbocycles. The van der Waals surface area contributed by atoms with Crippen molar-refractivity contribution in [3.05, 3.63) is 0 Å². The van der Waals surface area contributed by atoms with E-state index in [4.69, 9.17) is 4.74 Å². The van der Waals surface area contributed by atoms with Crippen molar-refractivity contribution in [1.82, 2.24) is 5.32 Å². The lowest BCUT2D eigenvalue weighted by Gasteiger charge is -2.46. The van der Waals surface area contributed by atoms with Crippen molar-refractivity contribution in [1.29, 1.82) is 0 Å². The highest BCUT2D eigenvalue weighted by Gasteiger charge is 2.52. The van der Waals surface area contributed by atoms with Gasteiger partial charge in [0.05, 0.1) is 5.54 Å². The lowest BCUT2D eigenvalue weighted by atomic mass is 10.0. The van der Waals surface area contributed by atoms with Crippen molar-refractivity contribution < 1.29 is 4.74 Å². The van der Waals surface area contributed by atoms with Crippen molar-refractivity contribution in [2.24, 2.45) is 0 Å². The zero-order chi connectivity index (χ0) is 10.1. The van der Waals surface area contributed by atoms with Gasteiger partial charge in [-0.15, -0.1) is 23.5 Å². The Kier molecular flexibility index (Phi) is 3.37. The molecule has 0 bridgehead atoms. The van der Waals surface area contributed by atoms with E-state index in [1.54, 1.807) is 0 Å². The van der Waals surface area contributed by atoms with Crippen LogP contribution in [0.25, 0.3) is 0 Å². The third-order valence-electron chi connectivity index (χ3n) is 3.19. The van der Waals surface area contributed by atoms with Gasteiger partial charge in [0.1, 0.15) is 0 Å². The molecule has 1 unspecified atom stereocenters. The predicted molar refractivity (Wildman–Crippen MR) is 64.9 cm³/mol. The molecule has 0 spiro atoms. The van der Waals surface area contributed by atoms with E-state index in [1.807, 2.05) is 30.6 Å². The zero-order valence-electron chi connectivity index (χ0n) is 8.97. The smallest absolute Gasteiger partial charge is 0.177 e. The minimum atomic E-state index is -0.0399. The van der Waals surface area contributed by atoms with Crippen LogP contribution in [0.4, 0.5) is 0 Å². The summed E-state index contributed by atoms with van der Waals surface area (Å²) < 4.78 is 5.79. The predicted octanol–water partition coefficient (Wildman–Crippen LogP) is 2.30. The van der Waals surface area contributed by atoms with E-state index in [0.717, 1.165) is 6.54 Å². The maximum Gasteiger partial charge on any atom is 0.177 e. The summed E-state index contributed by atoms with van der Waals surface area (Å²) in [6.07, 6.45) is 3.83. The van der Waals surface area contributed by atoms with Crippen LogP contribution in [0, 0.1) is 0 Å². The Hall–Kier alpha value is 0.620. The van der Waals surface area contributed by atoms with Gasteiger partial charge in [0.2, 0.25) is 0 Å². The largest absolute Gasteiger partial charge is 0.356 e. The van der Waals surface area contributed by atoms with Gasteiger partial charge in [0, 0.05) is 7.11 Å². The lowest BCUT2D eigenvalue weighted by molar-refractivity contribution is 0.0727. The van der Waals surface area contributed by atoms with E-state index in [2.05, 4.69) is 12.2 Å². The second kappa shape index (κ2) is 4.24. The van der Waals surface area contributed by atoms with Crippen molar-refractivity contribution in [2.45, 2.75) is 36.0 Å². The van der Waals surface area contributed by atoms with Crippen molar-refractivity contribution >= 4 is 23.5 Å². The molecule has 0 radical (unpaired) electrons. The number of hydrogen-bond donors (Lipinski definition) is 1. The molecule has 0 aromatic carbocycles. The van der Waals surface area contributed by atoms with Crippen LogP contribution in [0.3, 0.4) is 0 Å². The van der Waals surface area contributed by atoms with Gasteiger partial charge < -0.3 is 10.1 Å². The first-order valence-corrected chi connectivity index (χ1v) is 7.28. The summed E-state index contributed by atoms with van der Waals surface area (Å²) in [6.45, 7) is 3.46. The number of hydrogen-bond acceptors (Lipinski definition) is 4. The molecule has 0 amide bonds. The van der Waals surface area contributed by atoms with Gasteiger partial charge in [-0.3, -0.25) is 0 Å². The third kappa shape index (κ3) is 1.70. The summed E-state index contributed by atoms with van der Waals surface area (Å²) in [6, 6.07) is 0. The van der Waals surface area contributed by atoms with Crippen LogP contribution in [0.2, 0.25) is 0 Å². The van der Waals surface area contributed by atoms with E-state index in [1.165, 1.54) is 30.8 Å². The van der Waals surface area contributed by atoms with E-state index in [0.29, 0.717) is 0 Å². The van der Waals surface area contributed by atoms with Crippen molar-refractivity contribution in [2.75, 3.05) is 25.2 Å². The molecule has 1 atom stereocenters. The molecule has 82 valence electrons. The first kappa shape index (κ1) is 11.1. The van der Waals surface area contributed by atoms with Gasteiger partial charge in [0.25, 0.3) is 0 Å². The van der Waals surface area contributed by atoms with Crippen LogP contribution in [-0.2, 0) is 4.74 Å². The summed E-state index contributed by atoms with van der Waals surface area (Å²) in [7, 11) is 1.86. The minimum absolute atomic E-state index is 0.0399. The van der Waals surface area contributed by atoms with Crippen LogP contribution in [-0.4, -0.2) is 35.0 Å². The quantitative estimate of drug-likeness (QED) is 0.790. The van der Waals surface area contributed by atoms with Gasteiger partial charge in [-0.2, -0.15) is 0 Å². The fraction of sp³-hybridized carbons (Fsp3) is 1.00. The van der Waals surface area contributed by atoms with E-state index < -0.39 is 0 Å². The molecule has 2 fully saturated rings. The molecule has 4 heteroatoms. The fourth-order valence-corrected chi connectivity index (χ4v) is 5.68. The highest BCUT2D eigenvalue weighted by atomic mass is 32.2. The molecule has 2 rings (SSSR count). The number of methoxy groups -OCH3 is 1. The molecule has 2 heterocycles. The third-order valence-corrected chi connectivity index (χ3v) is 6.87. The standard InChI is InChI=1S/C10H19NOS2/c1-9(5-3-6-11-9)10(12-2)13-7-4-8-14-10/h11H,3-8H2,1-2H3. The molecule has 2 nitrogen and oxygen atoms in total. The molecule has 2 saturated heterocycles. The molecule has 1 N–H and O–H groups in total. The van der Waals surface area contributed by atoms with Gasteiger partial charge >= 0.3 is 0 Å². The summed E-state index contributed by atoms with van der Waals surface area (Å²) in [5, 5.41) is 3.63. The highest BCUT2D eigenvalue weighted by molar-refractivity contribution is 8.18. The van der Waals surface area contributed by atoms with Crippen molar-refractivity contribution in [3.8, 4) is 0 Å². The summed E-state index contributed by atoms with van der Waals surface area (Å²) in [4.78, 5) is 0. The first-order chi connectivity index (χ1) is 6.72. The molecule has 14 heavy (non-hydrogen) atoms. The average molecular weight is 233 g/mol. The van der Waals surface area contributed by atoms with Crippen LogP contribution in [0.15, 0.2) is 0 Å². The zero-order valence-corrected chi connectivity index (χ0v) is 10.6. The maximum absolute atomic E-state index is 5.83. The Bertz CT molecular complexity index is 198. The Morgan fingerprint density at radius 2 is 1.93 bits per heavy atom. The SMILES string of the molecule is COC1(C2(C)CCCN2)SCCCS1. The van der Waals surface area contributed by atoms with Gasteiger partial charge in [0.15, 0.2) is 4.27 Å². The maximum atomic E-state index is 5.83. The molecule has 0 aromatic heterocycles. The van der Waals surface area contributed by atoms with Crippen LogP contribution in [0.5, 0.6) is 0 Å². The van der Waals surface area contributed by atoms with Gasteiger partial charge in [-0.1, -0.05) is 0 Å². The Morgan fingerprint density at radius 1 is 1.21 bits per heavy atom. The van der Waals surface area contributed by atoms with E-state index in [9.17, 15) is 0 Å². The average Bonchev–Trinajstić information content (AvgIpc) is 2.68. The molecule has 0 aliphatic carbocycles. The van der Waals surface area contributed by atoms with Crippen LogP contribution >= 0.6 is 23.5 Å². The topological polar surface area (TPSA) is 21.3 Å². The number of thioether (sulfide) groups is 2. The lowest BCUT2D eigenvalue weighted by Crippen LogP contribution is -2.56. The van der Waals surface area contributed by atoms with Crippen LogP contribution in [0.1, 0.15) is 26.2 Å². The molecule has 2 aliphatic heterocycles. The van der Waals surface area contributed by atoms with Gasteiger partial charge in [-0.05, 0) is 44.2 Å². The van der Waals surface area contributed by atoms with Gasteiger partial charge in [-0.25, -0.2) is 0 Å². The second-order valence-electron chi connectivity index (χ2n) is 4.17. The fourth-order valence-electron chi connectivity index (χ4n) is 2.33. The normalized spacial score (nSPS) is 37.3. The highest BCUT2D eigenvalue weighted by Crippen LogP contribution is 2.52. The van der Waals surface area contributed by atoms with E-state index in [-0.39, 0.29) is 9.80 Å². The minimum Gasteiger partial charge on any atom is -0.356 e. The molecular formula is C10H19NOS2. The molecule has 0 aromatic rings. The molecular weight excluding hydrogens is 214 g/mol. The number of rotatable bonds is 2. The molecule has 2 aliphatic rings. The number of ether oxygens (including phenoxy) is 1. The summed E-state index contributed by atoms with van der Waals surface area (Å²) >= 11 is 3.97. The van der Waals surface area contributed by atoms with E-state index >= 15 is 0 Å². The second-order valence-corrected chi connectivity index (χ2v) is 6.98. The van der Waals surface area contributed by atoms with Crippen LogP contribution < -0.4 is 5.32 Å². The first-order valence-electron chi connectivity index (χ1n) is 5.31. The summed E-state index contributed by atoms with van der Waals surface area (Å²) in [5.74, 6) is 2.47.